The van der Waals surface area contributed by atoms with Gasteiger partial charge in [0.25, 0.3) is 0 Å². The van der Waals surface area contributed by atoms with Crippen molar-refractivity contribution in [2.24, 2.45) is 11.8 Å². The quantitative estimate of drug-likeness (QED) is 0.862. The first-order valence-corrected chi connectivity index (χ1v) is 6.42. The van der Waals surface area contributed by atoms with Crippen LogP contribution in [0.1, 0.15) is 37.9 Å². The smallest absolute Gasteiger partial charge is 0.0831 e. The van der Waals surface area contributed by atoms with Crippen LogP contribution in [0.5, 0.6) is 0 Å². The van der Waals surface area contributed by atoms with Gasteiger partial charge in [0.2, 0.25) is 0 Å². The number of aliphatic hydroxyl groups is 1. The number of rotatable bonds is 2. The Labute approximate surface area is 99.6 Å². The fourth-order valence-corrected chi connectivity index (χ4v) is 3.11. The second kappa shape index (κ2) is 4.67. The van der Waals surface area contributed by atoms with Crippen molar-refractivity contribution < 1.29 is 5.11 Å². The van der Waals surface area contributed by atoms with E-state index in [9.17, 15) is 5.11 Å². The van der Waals surface area contributed by atoms with Crippen molar-refractivity contribution >= 4 is 15.9 Å². The molecule has 1 aliphatic carbocycles. The van der Waals surface area contributed by atoms with Gasteiger partial charge in [0.15, 0.2) is 0 Å². The third-order valence-corrected chi connectivity index (χ3v) is 4.28. The zero-order valence-electron chi connectivity index (χ0n) is 8.99. The van der Waals surface area contributed by atoms with Crippen LogP contribution in [-0.4, -0.2) is 5.11 Å². The Kier molecular flexibility index (Phi) is 3.47. The lowest BCUT2D eigenvalue weighted by Crippen LogP contribution is -2.15. The Hall–Kier alpha value is -0.340. The Morgan fingerprint density at radius 3 is 2.67 bits per heavy atom. The van der Waals surface area contributed by atoms with Gasteiger partial charge in [0.1, 0.15) is 0 Å². The lowest BCUT2D eigenvalue weighted by Gasteiger charge is -2.23. The average molecular weight is 269 g/mol. The highest BCUT2D eigenvalue weighted by atomic mass is 79.9. The fourth-order valence-electron chi connectivity index (χ4n) is 2.59. The molecule has 15 heavy (non-hydrogen) atoms. The molecule has 0 heterocycles. The summed E-state index contributed by atoms with van der Waals surface area (Å²) in [6.45, 7) is 2.25. The van der Waals surface area contributed by atoms with Crippen LogP contribution in [0.3, 0.4) is 0 Å². The van der Waals surface area contributed by atoms with Crippen LogP contribution in [0.2, 0.25) is 0 Å². The average Bonchev–Trinajstić information content (AvgIpc) is 2.64. The van der Waals surface area contributed by atoms with Crippen molar-refractivity contribution in [2.75, 3.05) is 0 Å². The van der Waals surface area contributed by atoms with Crippen molar-refractivity contribution in [2.45, 2.75) is 32.3 Å². The van der Waals surface area contributed by atoms with Crippen LogP contribution in [0.25, 0.3) is 0 Å². The van der Waals surface area contributed by atoms with E-state index in [2.05, 4.69) is 22.9 Å². The summed E-state index contributed by atoms with van der Waals surface area (Å²) in [6, 6.07) is 7.99. The number of aliphatic hydroxyl groups excluding tert-OH is 1. The van der Waals surface area contributed by atoms with Gasteiger partial charge in [-0.1, -0.05) is 53.9 Å². The van der Waals surface area contributed by atoms with Crippen molar-refractivity contribution in [1.29, 1.82) is 0 Å². The summed E-state index contributed by atoms with van der Waals surface area (Å²) >= 11 is 3.50. The van der Waals surface area contributed by atoms with Gasteiger partial charge in [-0.05, 0) is 29.9 Å². The molecule has 2 heteroatoms. The first-order valence-electron chi connectivity index (χ1n) is 5.62. The predicted octanol–water partition coefficient (Wildman–Crippen LogP) is 3.92. The Balaban J connectivity index is 2.20. The highest BCUT2D eigenvalue weighted by molar-refractivity contribution is 9.10. The maximum Gasteiger partial charge on any atom is 0.0831 e. The second-order valence-electron chi connectivity index (χ2n) is 4.54. The largest absolute Gasteiger partial charge is 0.388 e. The molecule has 0 amide bonds. The predicted molar refractivity (Wildman–Crippen MR) is 65.6 cm³/mol. The van der Waals surface area contributed by atoms with E-state index in [1.165, 1.54) is 12.8 Å². The van der Waals surface area contributed by atoms with Gasteiger partial charge in [-0.3, -0.25) is 0 Å². The molecule has 1 aromatic rings. The lowest BCUT2D eigenvalue weighted by molar-refractivity contribution is 0.0894. The summed E-state index contributed by atoms with van der Waals surface area (Å²) in [5, 5.41) is 10.3. The third-order valence-electron chi connectivity index (χ3n) is 3.56. The summed E-state index contributed by atoms with van der Waals surface area (Å²) < 4.78 is 1.02. The molecule has 3 atom stereocenters. The van der Waals surface area contributed by atoms with E-state index >= 15 is 0 Å². The minimum atomic E-state index is -0.307. The van der Waals surface area contributed by atoms with Crippen LogP contribution < -0.4 is 0 Å². The Bertz CT molecular complexity index is 337. The first-order chi connectivity index (χ1) is 7.20. The number of hydrogen-bond acceptors (Lipinski definition) is 1. The molecule has 0 radical (unpaired) electrons. The highest BCUT2D eigenvalue weighted by Crippen LogP contribution is 2.41. The van der Waals surface area contributed by atoms with Crippen LogP contribution in [-0.2, 0) is 0 Å². The summed E-state index contributed by atoms with van der Waals surface area (Å²) in [6.07, 6.45) is 3.36. The third kappa shape index (κ3) is 2.26. The van der Waals surface area contributed by atoms with Crippen LogP contribution in [0.4, 0.5) is 0 Å². The molecule has 0 aliphatic heterocycles. The SMILES string of the molecule is CC1CCCC1[C@@H](O)c1ccccc1Br. The molecule has 82 valence electrons. The molecule has 0 bridgehead atoms. The van der Waals surface area contributed by atoms with Crippen LogP contribution in [0, 0.1) is 11.8 Å². The van der Waals surface area contributed by atoms with E-state index in [1.807, 2.05) is 24.3 Å². The van der Waals surface area contributed by atoms with Gasteiger partial charge >= 0.3 is 0 Å². The lowest BCUT2D eigenvalue weighted by atomic mass is 9.88. The Morgan fingerprint density at radius 2 is 2.07 bits per heavy atom. The zero-order chi connectivity index (χ0) is 10.8. The minimum Gasteiger partial charge on any atom is -0.388 e. The van der Waals surface area contributed by atoms with Crippen molar-refractivity contribution in [1.82, 2.24) is 0 Å². The molecule has 1 fully saturated rings. The van der Waals surface area contributed by atoms with Gasteiger partial charge in [-0.15, -0.1) is 0 Å². The molecule has 0 spiro atoms. The van der Waals surface area contributed by atoms with E-state index in [1.54, 1.807) is 0 Å². The molecule has 2 unspecified atom stereocenters. The summed E-state index contributed by atoms with van der Waals surface area (Å²) in [4.78, 5) is 0. The maximum atomic E-state index is 10.3. The summed E-state index contributed by atoms with van der Waals surface area (Å²) in [7, 11) is 0. The first kappa shape index (κ1) is 11.2. The van der Waals surface area contributed by atoms with E-state index in [0.717, 1.165) is 16.5 Å². The van der Waals surface area contributed by atoms with Gasteiger partial charge in [-0.25, -0.2) is 0 Å². The molecule has 0 aromatic heterocycles. The number of halogens is 1. The standard InChI is InChI=1S/C13H17BrO/c1-9-5-4-7-10(9)13(15)11-6-2-3-8-12(11)14/h2-3,6,8-10,13,15H,4-5,7H2,1H3/t9?,10?,13-/m1/s1. The minimum absolute atomic E-state index is 0.307. The highest BCUT2D eigenvalue weighted by Gasteiger charge is 2.31. The molecule has 1 nitrogen and oxygen atoms in total. The zero-order valence-corrected chi connectivity index (χ0v) is 10.6. The molecular weight excluding hydrogens is 252 g/mol. The van der Waals surface area contributed by atoms with Crippen molar-refractivity contribution in [3.05, 3.63) is 34.3 Å². The number of benzene rings is 1. The van der Waals surface area contributed by atoms with E-state index < -0.39 is 0 Å². The van der Waals surface area contributed by atoms with Crippen LogP contribution >= 0.6 is 15.9 Å². The summed E-state index contributed by atoms with van der Waals surface area (Å²) in [5.41, 5.74) is 1.04. The fraction of sp³-hybridized carbons (Fsp3) is 0.538. The molecule has 1 aliphatic rings. The van der Waals surface area contributed by atoms with Gasteiger partial charge in [0.05, 0.1) is 6.10 Å². The van der Waals surface area contributed by atoms with Gasteiger partial charge in [-0.2, -0.15) is 0 Å². The monoisotopic (exact) mass is 268 g/mol. The molecule has 1 N–H and O–H groups in total. The van der Waals surface area contributed by atoms with Crippen molar-refractivity contribution in [3.63, 3.8) is 0 Å². The molecular formula is C13H17BrO. The van der Waals surface area contributed by atoms with E-state index in [0.29, 0.717) is 11.8 Å². The molecule has 0 saturated heterocycles. The summed E-state index contributed by atoms with van der Waals surface area (Å²) in [5.74, 6) is 1.08. The second-order valence-corrected chi connectivity index (χ2v) is 5.39. The van der Waals surface area contributed by atoms with Gasteiger partial charge in [0, 0.05) is 4.47 Å². The molecule has 1 aromatic carbocycles. The van der Waals surface area contributed by atoms with Crippen molar-refractivity contribution in [3.8, 4) is 0 Å². The van der Waals surface area contributed by atoms with Gasteiger partial charge < -0.3 is 5.11 Å². The normalized spacial score (nSPS) is 27.9. The molecule has 2 rings (SSSR count). The number of hydrogen-bond donors (Lipinski definition) is 1. The maximum absolute atomic E-state index is 10.3. The van der Waals surface area contributed by atoms with E-state index in [-0.39, 0.29) is 6.10 Å². The Morgan fingerprint density at radius 1 is 1.33 bits per heavy atom. The topological polar surface area (TPSA) is 20.2 Å². The molecule has 1 saturated carbocycles. The van der Waals surface area contributed by atoms with E-state index in [4.69, 9.17) is 0 Å². The van der Waals surface area contributed by atoms with Crippen LogP contribution in [0.15, 0.2) is 28.7 Å².